The van der Waals surface area contributed by atoms with Crippen molar-refractivity contribution in [1.29, 1.82) is 0 Å². The van der Waals surface area contributed by atoms with Crippen LogP contribution in [-0.4, -0.2) is 40.9 Å². The van der Waals surface area contributed by atoms with Crippen molar-refractivity contribution in [2.75, 3.05) is 19.3 Å². The van der Waals surface area contributed by atoms with Crippen LogP contribution in [0.1, 0.15) is 32.1 Å². The summed E-state index contributed by atoms with van der Waals surface area (Å²) in [6.07, 6.45) is 8.15. The molecule has 1 saturated heterocycles. The van der Waals surface area contributed by atoms with Crippen LogP contribution in [0.25, 0.3) is 0 Å². The summed E-state index contributed by atoms with van der Waals surface area (Å²) in [7, 11) is 0. The smallest absolute Gasteiger partial charge is 0.239 e. The lowest BCUT2D eigenvalue weighted by Gasteiger charge is -2.31. The normalized spacial score (nSPS) is 30.1. The Morgan fingerprint density at radius 1 is 1.53 bits per heavy atom. The minimum atomic E-state index is -0.231. The number of hydrogen-bond donors (Lipinski definition) is 1. The van der Waals surface area contributed by atoms with Gasteiger partial charge in [-0.3, -0.25) is 4.79 Å². The number of carbonyl (C=O) groups is 1. The van der Waals surface area contributed by atoms with Gasteiger partial charge in [0.2, 0.25) is 5.91 Å². The van der Waals surface area contributed by atoms with Crippen LogP contribution in [-0.2, 0) is 4.79 Å². The quantitative estimate of drug-likeness (QED) is 0.790. The van der Waals surface area contributed by atoms with Gasteiger partial charge in [-0.25, -0.2) is 0 Å². The molecule has 2 aliphatic rings. The Morgan fingerprint density at radius 2 is 2.20 bits per heavy atom. The van der Waals surface area contributed by atoms with E-state index in [0.29, 0.717) is 4.75 Å². The van der Waals surface area contributed by atoms with Gasteiger partial charge >= 0.3 is 0 Å². The molecule has 1 aliphatic carbocycles. The van der Waals surface area contributed by atoms with Gasteiger partial charge in [-0.1, -0.05) is 12.8 Å². The van der Waals surface area contributed by atoms with Gasteiger partial charge < -0.3 is 10.6 Å². The standard InChI is InChI=1S/C11H20N2OS/c1-15-11(5-2-3-6-11)8-13-7-4-9(12)10(13)14/h9H,2-8,12H2,1H3. The van der Waals surface area contributed by atoms with Crippen LogP contribution in [0.5, 0.6) is 0 Å². The number of likely N-dealkylation sites (tertiary alicyclic amines) is 1. The number of thioether (sulfide) groups is 1. The van der Waals surface area contributed by atoms with E-state index in [9.17, 15) is 4.79 Å². The minimum absolute atomic E-state index is 0.162. The van der Waals surface area contributed by atoms with Crippen molar-refractivity contribution >= 4 is 17.7 Å². The summed E-state index contributed by atoms with van der Waals surface area (Å²) in [6, 6.07) is -0.231. The van der Waals surface area contributed by atoms with Crippen molar-refractivity contribution in [3.05, 3.63) is 0 Å². The van der Waals surface area contributed by atoms with E-state index < -0.39 is 0 Å². The monoisotopic (exact) mass is 228 g/mol. The second-order valence-corrected chi connectivity index (χ2v) is 6.02. The van der Waals surface area contributed by atoms with Gasteiger partial charge in [0, 0.05) is 17.8 Å². The van der Waals surface area contributed by atoms with Crippen LogP contribution in [0.15, 0.2) is 0 Å². The summed E-state index contributed by atoms with van der Waals surface area (Å²) in [5, 5.41) is 0. The molecule has 1 aliphatic heterocycles. The van der Waals surface area contributed by atoms with Crippen LogP contribution in [0.4, 0.5) is 0 Å². The first-order chi connectivity index (χ1) is 7.17. The van der Waals surface area contributed by atoms with E-state index >= 15 is 0 Å². The van der Waals surface area contributed by atoms with Crippen LogP contribution in [0.3, 0.4) is 0 Å². The molecule has 0 radical (unpaired) electrons. The first-order valence-corrected chi connectivity index (χ1v) is 6.99. The fraction of sp³-hybridized carbons (Fsp3) is 0.909. The molecule has 3 nitrogen and oxygen atoms in total. The van der Waals surface area contributed by atoms with Crippen molar-refractivity contribution < 1.29 is 4.79 Å². The molecule has 4 heteroatoms. The van der Waals surface area contributed by atoms with E-state index in [-0.39, 0.29) is 11.9 Å². The van der Waals surface area contributed by atoms with Gasteiger partial charge in [0.15, 0.2) is 0 Å². The van der Waals surface area contributed by atoms with Gasteiger partial charge in [-0.2, -0.15) is 11.8 Å². The van der Waals surface area contributed by atoms with Crippen LogP contribution in [0.2, 0.25) is 0 Å². The Bertz CT molecular complexity index is 251. The maximum atomic E-state index is 11.7. The molecule has 0 aromatic rings. The number of carbonyl (C=O) groups excluding carboxylic acids is 1. The average Bonchev–Trinajstić information content (AvgIpc) is 2.82. The summed E-state index contributed by atoms with van der Waals surface area (Å²) < 4.78 is 0.333. The van der Waals surface area contributed by atoms with Crippen molar-refractivity contribution in [1.82, 2.24) is 4.90 Å². The lowest BCUT2D eigenvalue weighted by Crippen LogP contribution is -2.42. The molecule has 86 valence electrons. The Hall–Kier alpha value is -0.220. The number of rotatable bonds is 3. The largest absolute Gasteiger partial charge is 0.340 e. The van der Waals surface area contributed by atoms with Gasteiger partial charge in [-0.05, 0) is 25.5 Å². The van der Waals surface area contributed by atoms with Crippen LogP contribution >= 0.6 is 11.8 Å². The van der Waals surface area contributed by atoms with Gasteiger partial charge in [0.05, 0.1) is 6.04 Å². The molecule has 0 aromatic heterocycles. The maximum absolute atomic E-state index is 11.7. The van der Waals surface area contributed by atoms with E-state index in [1.54, 1.807) is 0 Å². The lowest BCUT2D eigenvalue weighted by molar-refractivity contribution is -0.129. The topological polar surface area (TPSA) is 46.3 Å². The Labute approximate surface area is 95.8 Å². The molecule has 0 aromatic carbocycles. The second kappa shape index (κ2) is 4.34. The molecule has 0 bridgehead atoms. The van der Waals surface area contributed by atoms with Crippen molar-refractivity contribution in [2.24, 2.45) is 5.73 Å². The highest BCUT2D eigenvalue weighted by Gasteiger charge is 2.39. The predicted octanol–water partition coefficient (Wildman–Crippen LogP) is 1.22. The van der Waals surface area contributed by atoms with Gasteiger partial charge in [0.1, 0.15) is 0 Å². The van der Waals surface area contributed by atoms with Crippen LogP contribution in [0, 0.1) is 0 Å². The Kier molecular flexibility index (Phi) is 3.26. The van der Waals surface area contributed by atoms with E-state index in [1.165, 1.54) is 25.7 Å². The average molecular weight is 228 g/mol. The van der Waals surface area contributed by atoms with E-state index in [2.05, 4.69) is 6.26 Å². The van der Waals surface area contributed by atoms with Gasteiger partial charge in [-0.15, -0.1) is 0 Å². The number of hydrogen-bond acceptors (Lipinski definition) is 3. The molecule has 2 fully saturated rings. The molecule has 15 heavy (non-hydrogen) atoms. The molecule has 2 N–H and O–H groups in total. The Balaban J connectivity index is 1.98. The zero-order chi connectivity index (χ0) is 10.9. The predicted molar refractivity (Wildman–Crippen MR) is 63.9 cm³/mol. The third-order valence-corrected chi connectivity index (χ3v) is 5.17. The third kappa shape index (κ3) is 2.16. The highest BCUT2D eigenvalue weighted by Crippen LogP contribution is 2.41. The first kappa shape index (κ1) is 11.3. The first-order valence-electron chi connectivity index (χ1n) is 5.76. The highest BCUT2D eigenvalue weighted by molar-refractivity contribution is 8.00. The summed E-state index contributed by atoms with van der Waals surface area (Å²) in [6.45, 7) is 1.78. The summed E-state index contributed by atoms with van der Waals surface area (Å²) in [5.41, 5.74) is 5.73. The summed E-state index contributed by atoms with van der Waals surface area (Å²) in [4.78, 5) is 13.7. The van der Waals surface area contributed by atoms with E-state index in [1.807, 2.05) is 16.7 Å². The fourth-order valence-corrected chi connectivity index (χ4v) is 3.70. The van der Waals surface area contributed by atoms with E-state index in [0.717, 1.165) is 19.5 Å². The molecule has 1 atom stereocenters. The van der Waals surface area contributed by atoms with Crippen molar-refractivity contribution in [3.63, 3.8) is 0 Å². The van der Waals surface area contributed by atoms with Crippen molar-refractivity contribution in [3.8, 4) is 0 Å². The second-order valence-electron chi connectivity index (χ2n) is 4.75. The van der Waals surface area contributed by atoms with Crippen molar-refractivity contribution in [2.45, 2.75) is 42.9 Å². The zero-order valence-corrected chi connectivity index (χ0v) is 10.2. The third-order valence-electron chi connectivity index (χ3n) is 3.77. The Morgan fingerprint density at radius 3 is 2.67 bits per heavy atom. The number of nitrogens with zero attached hydrogens (tertiary/aromatic N) is 1. The SMILES string of the molecule is CSC1(CN2CCC(N)C2=O)CCCC1. The number of amides is 1. The van der Waals surface area contributed by atoms with Gasteiger partial charge in [0.25, 0.3) is 0 Å². The number of nitrogens with two attached hydrogens (primary N) is 1. The molecule has 1 heterocycles. The molecule has 0 spiro atoms. The fourth-order valence-electron chi connectivity index (χ4n) is 2.71. The summed E-state index contributed by atoms with van der Waals surface area (Å²) in [5.74, 6) is 0.162. The summed E-state index contributed by atoms with van der Waals surface area (Å²) >= 11 is 1.94. The molecule has 1 amide bonds. The minimum Gasteiger partial charge on any atom is -0.340 e. The zero-order valence-electron chi connectivity index (χ0n) is 9.37. The molecule has 1 unspecified atom stereocenters. The van der Waals surface area contributed by atoms with E-state index in [4.69, 9.17) is 5.73 Å². The lowest BCUT2D eigenvalue weighted by atomic mass is 10.1. The molecule has 2 rings (SSSR count). The molecule has 1 saturated carbocycles. The molecular formula is C11H20N2OS. The highest BCUT2D eigenvalue weighted by atomic mass is 32.2. The maximum Gasteiger partial charge on any atom is 0.239 e. The molecular weight excluding hydrogens is 208 g/mol. The van der Waals surface area contributed by atoms with Crippen LogP contribution < -0.4 is 5.73 Å².